The number of carbonyl (C=O) groups excluding carboxylic acids is 1. The first-order valence-electron chi connectivity index (χ1n) is 8.06. The van der Waals surface area contributed by atoms with Crippen LogP contribution in [-0.4, -0.2) is 45.5 Å². The summed E-state index contributed by atoms with van der Waals surface area (Å²) in [6.45, 7) is 6.10. The molecule has 2 fully saturated rings. The van der Waals surface area contributed by atoms with Crippen LogP contribution in [0.4, 0.5) is 0 Å². The van der Waals surface area contributed by atoms with Crippen molar-refractivity contribution in [1.29, 1.82) is 0 Å². The normalized spacial score (nSPS) is 22.9. The summed E-state index contributed by atoms with van der Waals surface area (Å²) >= 11 is 1.96. The van der Waals surface area contributed by atoms with Gasteiger partial charge in [-0.05, 0) is 18.4 Å². The number of ether oxygens (including phenoxy) is 1. The van der Waals surface area contributed by atoms with Gasteiger partial charge in [-0.25, -0.2) is 4.98 Å². The van der Waals surface area contributed by atoms with Crippen molar-refractivity contribution in [2.45, 2.75) is 44.0 Å². The Morgan fingerprint density at radius 2 is 2.32 bits per heavy atom. The molecule has 1 aromatic rings. The Labute approximate surface area is 136 Å². The van der Waals surface area contributed by atoms with E-state index in [-0.39, 0.29) is 10.9 Å². The van der Waals surface area contributed by atoms with Crippen LogP contribution >= 0.6 is 11.8 Å². The van der Waals surface area contributed by atoms with Gasteiger partial charge in [-0.2, -0.15) is 0 Å². The number of amides is 1. The molecule has 0 saturated carbocycles. The fourth-order valence-corrected chi connectivity index (χ4v) is 4.61. The van der Waals surface area contributed by atoms with Crippen molar-refractivity contribution in [3.05, 3.63) is 24.4 Å². The van der Waals surface area contributed by atoms with Crippen LogP contribution in [0.5, 0.6) is 5.88 Å². The zero-order chi connectivity index (χ0) is 15.6. The number of pyridine rings is 1. The molecule has 0 radical (unpaired) electrons. The fraction of sp³-hybridized carbons (Fsp3) is 0.647. The number of hydrogen-bond acceptors (Lipinski definition) is 4. The molecular weight excluding hydrogens is 296 g/mol. The van der Waals surface area contributed by atoms with Gasteiger partial charge in [0.25, 0.3) is 0 Å². The molecule has 1 unspecified atom stereocenters. The minimum atomic E-state index is 0.216. The van der Waals surface area contributed by atoms with E-state index in [9.17, 15) is 4.79 Å². The van der Waals surface area contributed by atoms with E-state index in [1.807, 2.05) is 34.9 Å². The molecule has 0 N–H and O–H groups in total. The summed E-state index contributed by atoms with van der Waals surface area (Å²) in [5, 5.41) is 0. The largest absolute Gasteiger partial charge is 0.473 e. The summed E-state index contributed by atoms with van der Waals surface area (Å²) in [6, 6.07) is 5.74. The maximum absolute atomic E-state index is 12.1. The quantitative estimate of drug-likeness (QED) is 0.836. The summed E-state index contributed by atoms with van der Waals surface area (Å²) < 4.78 is 6.17. The highest BCUT2D eigenvalue weighted by Gasteiger charge is 2.51. The Balaban J connectivity index is 1.45. The van der Waals surface area contributed by atoms with Gasteiger partial charge in [-0.1, -0.05) is 19.9 Å². The molecule has 2 aliphatic rings. The molecule has 1 amide bonds. The molecule has 2 saturated heterocycles. The molecule has 1 spiro atoms. The molecule has 5 heteroatoms. The van der Waals surface area contributed by atoms with Crippen LogP contribution in [0.2, 0.25) is 0 Å². The van der Waals surface area contributed by atoms with Crippen molar-refractivity contribution in [2.24, 2.45) is 5.92 Å². The Morgan fingerprint density at radius 1 is 1.50 bits per heavy atom. The molecule has 1 aromatic heterocycles. The van der Waals surface area contributed by atoms with Gasteiger partial charge in [0.05, 0.1) is 4.75 Å². The SMILES string of the molecule is CC(C)CCC(=O)N1CC2(CC(Oc3ccccn3)CS2)C1. The molecule has 22 heavy (non-hydrogen) atoms. The average Bonchev–Trinajstić information content (AvgIpc) is 2.88. The van der Waals surface area contributed by atoms with Gasteiger partial charge in [0.1, 0.15) is 6.10 Å². The first kappa shape index (κ1) is 15.7. The maximum atomic E-state index is 12.1. The minimum Gasteiger partial charge on any atom is -0.473 e. The second-order valence-corrected chi connectivity index (χ2v) is 8.28. The van der Waals surface area contributed by atoms with Gasteiger partial charge in [0.2, 0.25) is 11.8 Å². The van der Waals surface area contributed by atoms with Crippen LogP contribution in [-0.2, 0) is 4.79 Å². The second kappa shape index (κ2) is 6.49. The van der Waals surface area contributed by atoms with E-state index in [2.05, 4.69) is 18.8 Å². The number of hydrogen-bond donors (Lipinski definition) is 0. The predicted molar refractivity (Wildman–Crippen MR) is 89.1 cm³/mol. The van der Waals surface area contributed by atoms with Crippen LogP contribution in [0.1, 0.15) is 33.1 Å². The summed E-state index contributed by atoms with van der Waals surface area (Å²) in [5.74, 6) is 2.60. The number of nitrogens with zero attached hydrogens (tertiary/aromatic N) is 2. The molecule has 3 heterocycles. The minimum absolute atomic E-state index is 0.216. The highest BCUT2D eigenvalue weighted by Crippen LogP contribution is 2.46. The molecule has 1 atom stereocenters. The first-order valence-corrected chi connectivity index (χ1v) is 9.04. The van der Waals surface area contributed by atoms with Crippen LogP contribution in [0.3, 0.4) is 0 Å². The lowest BCUT2D eigenvalue weighted by Crippen LogP contribution is -2.60. The number of likely N-dealkylation sites (tertiary alicyclic amines) is 1. The molecule has 0 aliphatic carbocycles. The lowest BCUT2D eigenvalue weighted by atomic mass is 9.92. The molecule has 0 aromatic carbocycles. The van der Waals surface area contributed by atoms with E-state index >= 15 is 0 Å². The van der Waals surface area contributed by atoms with Gasteiger partial charge in [0, 0.05) is 43.9 Å². The topological polar surface area (TPSA) is 42.4 Å². The Kier molecular flexibility index (Phi) is 4.62. The van der Waals surface area contributed by atoms with Crippen LogP contribution < -0.4 is 4.74 Å². The molecular formula is C17H24N2O2S. The van der Waals surface area contributed by atoms with Crippen molar-refractivity contribution < 1.29 is 9.53 Å². The summed E-state index contributed by atoms with van der Waals surface area (Å²) in [6.07, 6.45) is 4.66. The third-order valence-electron chi connectivity index (χ3n) is 4.35. The summed E-state index contributed by atoms with van der Waals surface area (Å²) in [7, 11) is 0. The van der Waals surface area contributed by atoms with Crippen molar-refractivity contribution in [1.82, 2.24) is 9.88 Å². The van der Waals surface area contributed by atoms with Crippen molar-refractivity contribution in [3.8, 4) is 5.88 Å². The molecule has 3 rings (SSSR count). The molecule has 0 bridgehead atoms. The van der Waals surface area contributed by atoms with Crippen LogP contribution in [0.25, 0.3) is 0 Å². The van der Waals surface area contributed by atoms with E-state index in [0.29, 0.717) is 24.1 Å². The van der Waals surface area contributed by atoms with E-state index in [0.717, 1.165) is 31.7 Å². The Hall–Kier alpha value is -1.23. The summed E-state index contributed by atoms with van der Waals surface area (Å²) in [5.41, 5.74) is 0. The molecule has 4 nitrogen and oxygen atoms in total. The lowest BCUT2D eigenvalue weighted by Gasteiger charge is -2.47. The van der Waals surface area contributed by atoms with E-state index < -0.39 is 0 Å². The fourth-order valence-electron chi connectivity index (χ4n) is 3.08. The maximum Gasteiger partial charge on any atom is 0.222 e. The second-order valence-electron chi connectivity index (χ2n) is 6.79. The van der Waals surface area contributed by atoms with Gasteiger partial charge < -0.3 is 9.64 Å². The first-order chi connectivity index (χ1) is 10.6. The van der Waals surface area contributed by atoms with Crippen molar-refractivity contribution >= 4 is 17.7 Å². The highest BCUT2D eigenvalue weighted by molar-refractivity contribution is 8.01. The molecule has 2 aliphatic heterocycles. The highest BCUT2D eigenvalue weighted by atomic mass is 32.2. The van der Waals surface area contributed by atoms with E-state index in [4.69, 9.17) is 4.74 Å². The zero-order valence-corrected chi connectivity index (χ0v) is 14.1. The average molecular weight is 320 g/mol. The number of thioether (sulfide) groups is 1. The van der Waals surface area contributed by atoms with Crippen molar-refractivity contribution in [3.63, 3.8) is 0 Å². The Morgan fingerprint density at radius 3 is 3.00 bits per heavy atom. The third kappa shape index (κ3) is 3.57. The number of rotatable bonds is 5. The van der Waals surface area contributed by atoms with Gasteiger partial charge in [0.15, 0.2) is 0 Å². The van der Waals surface area contributed by atoms with E-state index in [1.54, 1.807) is 6.20 Å². The summed E-state index contributed by atoms with van der Waals surface area (Å²) in [4.78, 5) is 18.4. The molecule has 120 valence electrons. The van der Waals surface area contributed by atoms with E-state index in [1.165, 1.54) is 0 Å². The Bertz CT molecular complexity index is 515. The number of aromatic nitrogens is 1. The van der Waals surface area contributed by atoms with Crippen LogP contribution in [0.15, 0.2) is 24.4 Å². The van der Waals surface area contributed by atoms with Crippen molar-refractivity contribution in [2.75, 3.05) is 18.8 Å². The standard InChI is InChI=1S/C17H24N2O2S/c1-13(2)6-7-16(20)19-11-17(12-19)9-14(10-22-17)21-15-5-3-4-8-18-15/h3-5,8,13-14H,6-7,9-12H2,1-2H3. The predicted octanol–water partition coefficient (Wildman–Crippen LogP) is 2.98. The zero-order valence-electron chi connectivity index (χ0n) is 13.3. The van der Waals surface area contributed by atoms with Crippen LogP contribution in [0, 0.1) is 5.92 Å². The lowest BCUT2D eigenvalue weighted by molar-refractivity contribution is -0.136. The van der Waals surface area contributed by atoms with Gasteiger partial charge in [-0.3, -0.25) is 4.79 Å². The number of carbonyl (C=O) groups is 1. The smallest absolute Gasteiger partial charge is 0.222 e. The van der Waals surface area contributed by atoms with Gasteiger partial charge in [-0.15, -0.1) is 11.8 Å². The van der Waals surface area contributed by atoms with Gasteiger partial charge >= 0.3 is 0 Å². The third-order valence-corrected chi connectivity index (χ3v) is 5.92. The monoisotopic (exact) mass is 320 g/mol.